The number of hydrazone groups is 1. The fraction of sp³-hybridized carbons (Fsp3) is 0.929. The lowest BCUT2D eigenvalue weighted by Gasteiger charge is -2.40. The molecule has 5 heteroatoms. The van der Waals surface area contributed by atoms with E-state index in [0.717, 1.165) is 25.3 Å². The second kappa shape index (κ2) is 5.77. The molecule has 0 spiro atoms. The van der Waals surface area contributed by atoms with E-state index in [1.54, 1.807) is 7.11 Å². The van der Waals surface area contributed by atoms with Crippen LogP contribution in [0.3, 0.4) is 0 Å². The first-order valence-corrected chi connectivity index (χ1v) is 7.12. The predicted molar refractivity (Wildman–Crippen MR) is 74.2 cm³/mol. The number of hydrogen-bond donors (Lipinski definition) is 0. The Hall–Kier alpha value is -0.650. The van der Waals surface area contributed by atoms with Gasteiger partial charge in [-0.1, -0.05) is 0 Å². The number of rotatable bonds is 3. The van der Waals surface area contributed by atoms with Crippen LogP contribution in [-0.2, 0) is 14.2 Å². The van der Waals surface area contributed by atoms with Crippen LogP contribution in [0.1, 0.15) is 40.5 Å². The lowest BCUT2D eigenvalue weighted by molar-refractivity contribution is -0.250. The SMILES string of the molecule is COC[C@@H]1CCCN1N=C1[C@H](C)OC(C)(C)O[C@H]1C. The molecule has 0 aromatic carbocycles. The fourth-order valence-corrected chi connectivity index (χ4v) is 2.96. The molecule has 2 heterocycles. The second-order valence-corrected chi connectivity index (χ2v) is 5.86. The molecule has 2 saturated heterocycles. The standard InChI is InChI=1S/C14H26N2O3/c1-10-13(11(2)19-14(3,4)18-10)15-16-8-6-7-12(16)9-17-5/h10-12H,6-9H2,1-5H3/t10-,11-,12-/m0/s1. The van der Waals surface area contributed by atoms with Gasteiger partial charge in [-0.3, -0.25) is 5.01 Å². The molecule has 5 nitrogen and oxygen atoms in total. The fourth-order valence-electron chi connectivity index (χ4n) is 2.96. The highest BCUT2D eigenvalue weighted by Crippen LogP contribution is 2.26. The van der Waals surface area contributed by atoms with Gasteiger partial charge in [0.1, 0.15) is 12.2 Å². The van der Waals surface area contributed by atoms with Gasteiger partial charge in [0.2, 0.25) is 0 Å². The molecule has 2 aliphatic rings. The summed E-state index contributed by atoms with van der Waals surface area (Å²) in [7, 11) is 1.74. The van der Waals surface area contributed by atoms with Crippen molar-refractivity contribution in [3.8, 4) is 0 Å². The normalized spacial score (nSPS) is 34.7. The number of ether oxygens (including phenoxy) is 3. The van der Waals surface area contributed by atoms with E-state index in [1.807, 2.05) is 27.7 Å². The molecule has 2 aliphatic heterocycles. The highest BCUT2D eigenvalue weighted by Gasteiger charge is 2.37. The van der Waals surface area contributed by atoms with E-state index in [4.69, 9.17) is 19.3 Å². The largest absolute Gasteiger partial charge is 0.382 e. The molecule has 0 aromatic heterocycles. The second-order valence-electron chi connectivity index (χ2n) is 5.86. The van der Waals surface area contributed by atoms with Crippen molar-refractivity contribution in [2.75, 3.05) is 20.3 Å². The summed E-state index contributed by atoms with van der Waals surface area (Å²) in [4.78, 5) is 0. The minimum Gasteiger partial charge on any atom is -0.382 e. The Morgan fingerprint density at radius 3 is 2.53 bits per heavy atom. The lowest BCUT2D eigenvalue weighted by Crippen LogP contribution is -2.50. The highest BCUT2D eigenvalue weighted by atomic mass is 16.7. The van der Waals surface area contributed by atoms with Gasteiger partial charge in [-0.05, 0) is 40.5 Å². The van der Waals surface area contributed by atoms with Crippen LogP contribution in [-0.4, -0.2) is 55.0 Å². The molecule has 0 unspecified atom stereocenters. The van der Waals surface area contributed by atoms with Crippen LogP contribution >= 0.6 is 0 Å². The van der Waals surface area contributed by atoms with Crippen molar-refractivity contribution in [1.82, 2.24) is 5.01 Å². The molecule has 0 radical (unpaired) electrons. The molecule has 0 N–H and O–H groups in total. The third kappa shape index (κ3) is 3.46. The smallest absolute Gasteiger partial charge is 0.164 e. The number of hydrogen-bond acceptors (Lipinski definition) is 5. The molecule has 3 atom stereocenters. The molecular formula is C14H26N2O3. The van der Waals surface area contributed by atoms with E-state index >= 15 is 0 Å². The van der Waals surface area contributed by atoms with Crippen molar-refractivity contribution >= 4 is 5.71 Å². The zero-order valence-corrected chi connectivity index (χ0v) is 12.7. The topological polar surface area (TPSA) is 43.3 Å². The van der Waals surface area contributed by atoms with Crippen molar-refractivity contribution in [1.29, 1.82) is 0 Å². The number of nitrogens with zero attached hydrogens (tertiary/aromatic N) is 2. The van der Waals surface area contributed by atoms with Gasteiger partial charge < -0.3 is 14.2 Å². The van der Waals surface area contributed by atoms with Crippen molar-refractivity contribution in [2.45, 2.75) is 64.6 Å². The third-order valence-corrected chi connectivity index (χ3v) is 3.70. The molecule has 0 aromatic rings. The van der Waals surface area contributed by atoms with Gasteiger partial charge >= 0.3 is 0 Å². The van der Waals surface area contributed by atoms with Crippen molar-refractivity contribution < 1.29 is 14.2 Å². The first-order chi connectivity index (χ1) is 8.93. The Labute approximate surface area is 115 Å². The molecule has 0 saturated carbocycles. The van der Waals surface area contributed by atoms with E-state index in [-0.39, 0.29) is 12.2 Å². The third-order valence-electron chi connectivity index (χ3n) is 3.70. The lowest BCUT2D eigenvalue weighted by atomic mass is 10.1. The summed E-state index contributed by atoms with van der Waals surface area (Å²) in [6.07, 6.45) is 2.28. The van der Waals surface area contributed by atoms with E-state index < -0.39 is 5.79 Å². The maximum Gasteiger partial charge on any atom is 0.164 e. The summed E-state index contributed by atoms with van der Waals surface area (Å²) in [6, 6.07) is 0.381. The Bertz CT molecular complexity index is 328. The summed E-state index contributed by atoms with van der Waals surface area (Å²) >= 11 is 0. The Morgan fingerprint density at radius 1 is 1.32 bits per heavy atom. The Kier molecular flexibility index (Phi) is 4.48. The molecule has 110 valence electrons. The van der Waals surface area contributed by atoms with Gasteiger partial charge in [0.15, 0.2) is 5.79 Å². The van der Waals surface area contributed by atoms with Crippen LogP contribution in [0, 0.1) is 0 Å². The average molecular weight is 270 g/mol. The summed E-state index contributed by atoms with van der Waals surface area (Å²) in [6.45, 7) is 9.69. The molecular weight excluding hydrogens is 244 g/mol. The molecule has 0 amide bonds. The first kappa shape index (κ1) is 14.8. The zero-order chi connectivity index (χ0) is 14.0. The van der Waals surface area contributed by atoms with Crippen LogP contribution in [0.15, 0.2) is 5.10 Å². The van der Waals surface area contributed by atoms with Crippen LogP contribution < -0.4 is 0 Å². The maximum absolute atomic E-state index is 5.85. The van der Waals surface area contributed by atoms with Gasteiger partial charge in [-0.2, -0.15) is 5.10 Å². The van der Waals surface area contributed by atoms with Gasteiger partial charge in [0, 0.05) is 13.7 Å². The van der Waals surface area contributed by atoms with Gasteiger partial charge in [-0.25, -0.2) is 0 Å². The van der Waals surface area contributed by atoms with Crippen molar-refractivity contribution in [3.63, 3.8) is 0 Å². The minimum absolute atomic E-state index is 0.0115. The molecule has 0 bridgehead atoms. The van der Waals surface area contributed by atoms with Gasteiger partial charge in [-0.15, -0.1) is 0 Å². The van der Waals surface area contributed by atoms with Gasteiger partial charge in [0.05, 0.1) is 18.4 Å². The first-order valence-electron chi connectivity index (χ1n) is 7.12. The molecule has 19 heavy (non-hydrogen) atoms. The van der Waals surface area contributed by atoms with Crippen LogP contribution in [0.25, 0.3) is 0 Å². The van der Waals surface area contributed by atoms with Crippen LogP contribution in [0.2, 0.25) is 0 Å². The van der Waals surface area contributed by atoms with E-state index in [0.29, 0.717) is 6.04 Å². The van der Waals surface area contributed by atoms with Crippen molar-refractivity contribution in [3.05, 3.63) is 0 Å². The summed E-state index contributed by atoms with van der Waals surface area (Å²) in [5, 5.41) is 6.92. The molecule has 2 rings (SSSR count). The highest BCUT2D eigenvalue weighted by molar-refractivity contribution is 5.92. The van der Waals surface area contributed by atoms with Crippen LogP contribution in [0.4, 0.5) is 0 Å². The number of methoxy groups -OCH3 is 1. The Balaban J connectivity index is 2.09. The Morgan fingerprint density at radius 2 is 1.95 bits per heavy atom. The zero-order valence-electron chi connectivity index (χ0n) is 12.7. The quantitative estimate of drug-likeness (QED) is 0.787. The van der Waals surface area contributed by atoms with E-state index in [2.05, 4.69) is 5.01 Å². The molecule has 0 aliphatic carbocycles. The van der Waals surface area contributed by atoms with E-state index in [9.17, 15) is 0 Å². The predicted octanol–water partition coefficient (Wildman–Crippen LogP) is 2.01. The summed E-state index contributed by atoms with van der Waals surface area (Å²) in [5.74, 6) is -0.533. The van der Waals surface area contributed by atoms with E-state index in [1.165, 1.54) is 6.42 Å². The summed E-state index contributed by atoms with van der Waals surface area (Å²) < 4.78 is 17.0. The average Bonchev–Trinajstić information content (AvgIpc) is 2.70. The molecule has 2 fully saturated rings. The maximum atomic E-state index is 5.85. The van der Waals surface area contributed by atoms with Crippen molar-refractivity contribution in [2.24, 2.45) is 5.10 Å². The van der Waals surface area contributed by atoms with Gasteiger partial charge in [0.25, 0.3) is 0 Å². The monoisotopic (exact) mass is 270 g/mol. The van der Waals surface area contributed by atoms with Crippen LogP contribution in [0.5, 0.6) is 0 Å². The summed E-state index contributed by atoms with van der Waals surface area (Å²) in [5.41, 5.74) is 0.974. The minimum atomic E-state index is -0.533.